The number of likely N-dealkylation sites (N-methyl/N-ethyl adjacent to an activating group) is 1. The molecule has 0 aliphatic carbocycles. The molecule has 1 aliphatic rings. The Bertz CT molecular complexity index is 558. The molecule has 2 rings (SSSR count). The zero-order valence-corrected chi connectivity index (χ0v) is 15.6. The number of halogens is 1. The number of carbonyl (C=O) groups excluding carboxylic acids is 1. The van der Waals surface area contributed by atoms with Crippen LogP contribution in [-0.2, 0) is 4.79 Å². The molecule has 0 radical (unpaired) electrons. The molecule has 0 saturated carbocycles. The van der Waals surface area contributed by atoms with Crippen LogP contribution in [0.5, 0.6) is 0 Å². The van der Waals surface area contributed by atoms with Crippen LogP contribution < -0.4 is 15.5 Å². The molecule has 1 aliphatic heterocycles. The van der Waals surface area contributed by atoms with Crippen LogP contribution in [0.25, 0.3) is 0 Å². The van der Waals surface area contributed by atoms with Crippen LogP contribution in [0.4, 0.5) is 10.1 Å². The number of amides is 1. The largest absolute Gasteiger partial charge is 0.369 e. The molecule has 140 valence electrons. The summed E-state index contributed by atoms with van der Waals surface area (Å²) in [5, 5.41) is 6.05. The summed E-state index contributed by atoms with van der Waals surface area (Å²) >= 11 is 0. The van der Waals surface area contributed by atoms with Crippen LogP contribution in [-0.4, -0.2) is 57.1 Å². The highest BCUT2D eigenvalue weighted by Gasteiger charge is 2.21. The number of nitrogens with one attached hydrogen (secondary N) is 2. The quantitative estimate of drug-likeness (QED) is 0.706. The molecule has 1 unspecified atom stereocenters. The van der Waals surface area contributed by atoms with E-state index in [4.69, 9.17) is 0 Å². The number of nitrogens with zero attached hydrogens (tertiary/aromatic N) is 2. The molecule has 1 amide bonds. The molecule has 1 aromatic carbocycles. The van der Waals surface area contributed by atoms with Crippen LogP contribution in [0, 0.1) is 5.82 Å². The van der Waals surface area contributed by atoms with E-state index in [2.05, 4.69) is 27.4 Å². The van der Waals surface area contributed by atoms with Crippen LogP contribution in [0.15, 0.2) is 18.2 Å². The van der Waals surface area contributed by atoms with E-state index in [1.165, 1.54) is 6.07 Å². The maximum atomic E-state index is 13.8. The molecule has 0 spiro atoms. The van der Waals surface area contributed by atoms with Gasteiger partial charge < -0.3 is 20.4 Å². The third kappa shape index (κ3) is 5.68. The molecule has 2 N–H and O–H groups in total. The van der Waals surface area contributed by atoms with Crippen molar-refractivity contribution in [2.75, 3.05) is 51.2 Å². The fourth-order valence-corrected chi connectivity index (χ4v) is 3.28. The van der Waals surface area contributed by atoms with E-state index in [1.54, 1.807) is 6.07 Å². The average molecular weight is 350 g/mol. The van der Waals surface area contributed by atoms with Gasteiger partial charge in [-0.05, 0) is 51.7 Å². The first-order valence-electron chi connectivity index (χ1n) is 9.25. The van der Waals surface area contributed by atoms with Gasteiger partial charge in [0, 0.05) is 43.9 Å². The summed E-state index contributed by atoms with van der Waals surface area (Å²) in [6.07, 6.45) is 1.27. The van der Waals surface area contributed by atoms with Crippen molar-refractivity contribution >= 4 is 11.6 Å². The lowest BCUT2D eigenvalue weighted by atomic mass is 10.0. The smallest absolute Gasteiger partial charge is 0.220 e. The normalized spacial score (nSPS) is 16.7. The fourth-order valence-electron chi connectivity index (χ4n) is 3.28. The number of benzene rings is 1. The lowest BCUT2D eigenvalue weighted by Gasteiger charge is -2.37. The highest BCUT2D eigenvalue weighted by Crippen LogP contribution is 2.28. The highest BCUT2D eigenvalue weighted by molar-refractivity contribution is 5.76. The second-order valence-electron chi connectivity index (χ2n) is 6.62. The molecule has 1 heterocycles. The summed E-state index contributed by atoms with van der Waals surface area (Å²) in [4.78, 5) is 16.8. The van der Waals surface area contributed by atoms with Gasteiger partial charge >= 0.3 is 0 Å². The van der Waals surface area contributed by atoms with Crippen LogP contribution in [0.3, 0.4) is 0 Å². The third-order valence-electron chi connectivity index (χ3n) is 4.82. The van der Waals surface area contributed by atoms with Gasteiger partial charge in [-0.3, -0.25) is 4.79 Å². The number of piperazine rings is 1. The maximum absolute atomic E-state index is 13.8. The van der Waals surface area contributed by atoms with E-state index in [0.29, 0.717) is 6.42 Å². The minimum absolute atomic E-state index is 0.00811. The molecule has 1 aromatic rings. The van der Waals surface area contributed by atoms with Crippen LogP contribution in [0.2, 0.25) is 0 Å². The fraction of sp³-hybridized carbons (Fsp3) is 0.632. The van der Waals surface area contributed by atoms with Gasteiger partial charge in [-0.25, -0.2) is 4.39 Å². The average Bonchev–Trinajstić information content (AvgIpc) is 2.62. The second-order valence-corrected chi connectivity index (χ2v) is 6.62. The summed E-state index contributed by atoms with van der Waals surface area (Å²) in [5.41, 5.74) is 1.88. The third-order valence-corrected chi connectivity index (χ3v) is 4.82. The Hall–Kier alpha value is -1.66. The van der Waals surface area contributed by atoms with E-state index in [-0.39, 0.29) is 17.8 Å². The molecule has 0 bridgehead atoms. The predicted octanol–water partition coefficient (Wildman–Crippen LogP) is 2.14. The first kappa shape index (κ1) is 19.7. The molecule has 25 heavy (non-hydrogen) atoms. The second kappa shape index (κ2) is 9.73. The van der Waals surface area contributed by atoms with Gasteiger partial charge in [-0.2, -0.15) is 0 Å². The number of anilines is 1. The molecule has 1 fully saturated rings. The minimum Gasteiger partial charge on any atom is -0.369 e. The van der Waals surface area contributed by atoms with Gasteiger partial charge in [-0.1, -0.05) is 6.92 Å². The van der Waals surface area contributed by atoms with Crippen molar-refractivity contribution in [2.24, 2.45) is 0 Å². The maximum Gasteiger partial charge on any atom is 0.220 e. The summed E-state index contributed by atoms with van der Waals surface area (Å²) in [6, 6.07) is 4.69. The molecule has 5 nitrogen and oxygen atoms in total. The van der Waals surface area contributed by atoms with E-state index in [0.717, 1.165) is 56.9 Å². The highest BCUT2D eigenvalue weighted by atomic mass is 19.1. The molecule has 1 saturated heterocycles. The first-order chi connectivity index (χ1) is 12.0. The topological polar surface area (TPSA) is 47.6 Å². The Morgan fingerprint density at radius 1 is 1.28 bits per heavy atom. The van der Waals surface area contributed by atoms with Gasteiger partial charge in [0.2, 0.25) is 5.91 Å². The van der Waals surface area contributed by atoms with Crippen molar-refractivity contribution in [1.29, 1.82) is 0 Å². The summed E-state index contributed by atoms with van der Waals surface area (Å²) < 4.78 is 13.8. The summed E-state index contributed by atoms with van der Waals surface area (Å²) in [7, 11) is 1.87. The Morgan fingerprint density at radius 2 is 2.00 bits per heavy atom. The van der Waals surface area contributed by atoms with E-state index in [9.17, 15) is 9.18 Å². The summed E-state index contributed by atoms with van der Waals surface area (Å²) in [5.74, 6) is -0.254. The number of rotatable bonds is 8. The number of carbonyl (C=O) groups is 1. The predicted molar refractivity (Wildman–Crippen MR) is 100 cm³/mol. The zero-order chi connectivity index (χ0) is 18.2. The van der Waals surface area contributed by atoms with E-state index in [1.807, 2.05) is 20.0 Å². The molecule has 1 atom stereocenters. The Balaban J connectivity index is 2.06. The van der Waals surface area contributed by atoms with Crippen LogP contribution >= 0.6 is 0 Å². The van der Waals surface area contributed by atoms with Gasteiger partial charge in [0.25, 0.3) is 0 Å². The van der Waals surface area contributed by atoms with Crippen molar-refractivity contribution < 1.29 is 9.18 Å². The zero-order valence-electron chi connectivity index (χ0n) is 15.6. The SMILES string of the molecule is CCN1CCN(c2ccc(F)cc2C(C)NC(=O)CCCNC)CC1. The van der Waals surface area contributed by atoms with Gasteiger partial charge in [0.05, 0.1) is 6.04 Å². The van der Waals surface area contributed by atoms with Gasteiger partial charge in [-0.15, -0.1) is 0 Å². The summed E-state index contributed by atoms with van der Waals surface area (Å²) in [6.45, 7) is 9.85. The Morgan fingerprint density at radius 3 is 2.64 bits per heavy atom. The van der Waals surface area contributed by atoms with Crippen molar-refractivity contribution in [2.45, 2.75) is 32.7 Å². The Labute approximate surface area is 150 Å². The van der Waals surface area contributed by atoms with Crippen molar-refractivity contribution in [3.05, 3.63) is 29.6 Å². The van der Waals surface area contributed by atoms with Crippen molar-refractivity contribution in [3.8, 4) is 0 Å². The molecule has 0 aromatic heterocycles. The van der Waals surface area contributed by atoms with E-state index < -0.39 is 0 Å². The first-order valence-corrected chi connectivity index (χ1v) is 9.25. The standard InChI is InChI=1S/C19H31FN4O/c1-4-23-10-12-24(13-11-23)18-8-7-16(20)14-17(18)15(2)22-19(25)6-5-9-21-3/h7-8,14-15,21H,4-6,9-13H2,1-3H3,(H,22,25). The van der Waals surface area contributed by atoms with Crippen LogP contribution in [0.1, 0.15) is 38.3 Å². The lowest BCUT2D eigenvalue weighted by molar-refractivity contribution is -0.121. The number of hydrogen-bond donors (Lipinski definition) is 2. The lowest BCUT2D eigenvalue weighted by Crippen LogP contribution is -2.46. The molecular formula is C19H31FN4O. The van der Waals surface area contributed by atoms with Crippen molar-refractivity contribution in [1.82, 2.24) is 15.5 Å². The minimum atomic E-state index is -0.262. The molecular weight excluding hydrogens is 319 g/mol. The Kier molecular flexibility index (Phi) is 7.65. The van der Waals surface area contributed by atoms with Gasteiger partial charge in [0.1, 0.15) is 5.82 Å². The monoisotopic (exact) mass is 350 g/mol. The van der Waals surface area contributed by atoms with Crippen molar-refractivity contribution in [3.63, 3.8) is 0 Å². The van der Waals surface area contributed by atoms with E-state index >= 15 is 0 Å². The molecule has 6 heteroatoms. The number of hydrogen-bond acceptors (Lipinski definition) is 4. The van der Waals surface area contributed by atoms with Gasteiger partial charge in [0.15, 0.2) is 0 Å².